The van der Waals surface area contributed by atoms with Crippen LogP contribution in [0.4, 0.5) is 0 Å². The average molecular weight is 331 g/mol. The molecule has 0 fully saturated rings. The molecule has 1 amide bonds. The highest BCUT2D eigenvalue weighted by atomic mass is 32.2. The second-order valence-corrected chi connectivity index (χ2v) is 7.53. The van der Waals surface area contributed by atoms with E-state index in [-0.39, 0.29) is 12.5 Å². The number of hydrogen-bond donors (Lipinski definition) is 1. The fraction of sp³-hybridized carbons (Fsp3) is 0.438. The molecule has 0 aromatic carbocycles. The lowest BCUT2D eigenvalue weighted by Gasteiger charge is -2.18. The first-order chi connectivity index (χ1) is 10.7. The van der Waals surface area contributed by atoms with E-state index in [0.717, 1.165) is 34.0 Å². The highest BCUT2D eigenvalue weighted by Gasteiger charge is 2.23. The van der Waals surface area contributed by atoms with Gasteiger partial charge < -0.3 is 5.32 Å². The topological polar surface area (TPSA) is 54.9 Å². The summed E-state index contributed by atoms with van der Waals surface area (Å²) in [7, 11) is 0. The number of rotatable bonds is 4. The summed E-state index contributed by atoms with van der Waals surface area (Å²) in [5.74, 6) is 3.40. The third-order valence-electron chi connectivity index (χ3n) is 3.78. The van der Waals surface area contributed by atoms with Crippen molar-refractivity contribution in [3.05, 3.63) is 16.8 Å². The van der Waals surface area contributed by atoms with E-state index in [9.17, 15) is 4.79 Å². The maximum atomic E-state index is 11.7. The number of carbonyl (C=O) groups excluding carboxylic acids is 1. The van der Waals surface area contributed by atoms with Gasteiger partial charge in [0.25, 0.3) is 0 Å². The summed E-state index contributed by atoms with van der Waals surface area (Å²) in [6.45, 7) is 2.56. The summed E-state index contributed by atoms with van der Waals surface area (Å²) < 4.78 is 0. The van der Waals surface area contributed by atoms with Crippen LogP contribution in [-0.4, -0.2) is 28.2 Å². The molecule has 0 aliphatic heterocycles. The van der Waals surface area contributed by atoms with Gasteiger partial charge in [-0.25, -0.2) is 9.97 Å². The third kappa shape index (κ3) is 3.11. The molecular weight excluding hydrogens is 314 g/mol. The van der Waals surface area contributed by atoms with Crippen LogP contribution in [0, 0.1) is 18.3 Å². The zero-order chi connectivity index (χ0) is 15.5. The Morgan fingerprint density at radius 1 is 1.59 bits per heavy atom. The van der Waals surface area contributed by atoms with E-state index in [0.29, 0.717) is 5.75 Å². The molecule has 0 unspecified atom stereocenters. The fourth-order valence-electron chi connectivity index (χ4n) is 2.69. The van der Waals surface area contributed by atoms with Crippen molar-refractivity contribution in [3.63, 3.8) is 0 Å². The second-order valence-electron chi connectivity index (χ2n) is 5.48. The van der Waals surface area contributed by atoms with Crippen molar-refractivity contribution in [2.75, 3.05) is 12.3 Å². The number of terminal acetylenes is 1. The monoisotopic (exact) mass is 331 g/mol. The van der Waals surface area contributed by atoms with Crippen LogP contribution < -0.4 is 5.32 Å². The molecule has 1 atom stereocenters. The molecule has 0 spiro atoms. The number of amides is 1. The second kappa shape index (κ2) is 6.67. The maximum Gasteiger partial charge on any atom is 0.231 e. The Balaban J connectivity index is 1.84. The summed E-state index contributed by atoms with van der Waals surface area (Å²) in [5, 5.41) is 4.74. The van der Waals surface area contributed by atoms with Gasteiger partial charge in [-0.3, -0.25) is 4.79 Å². The SMILES string of the molecule is C#CCNC(=O)CSc1ncnc2sc3c(c12)CC[C@H](C)C3. The number of carbonyl (C=O) groups is 1. The van der Waals surface area contributed by atoms with Crippen LogP contribution in [0.2, 0.25) is 0 Å². The van der Waals surface area contributed by atoms with Crippen LogP contribution >= 0.6 is 23.1 Å². The van der Waals surface area contributed by atoms with Crippen molar-refractivity contribution in [3.8, 4) is 12.3 Å². The van der Waals surface area contributed by atoms with Crippen molar-refractivity contribution in [2.45, 2.75) is 31.2 Å². The number of thiophene rings is 1. The molecule has 2 heterocycles. The number of aromatic nitrogens is 2. The summed E-state index contributed by atoms with van der Waals surface area (Å²) in [5.41, 5.74) is 1.39. The van der Waals surface area contributed by atoms with E-state index in [1.54, 1.807) is 17.7 Å². The van der Waals surface area contributed by atoms with Crippen LogP contribution in [0.25, 0.3) is 10.2 Å². The Bertz CT molecular complexity index is 748. The van der Waals surface area contributed by atoms with Gasteiger partial charge in [-0.05, 0) is 30.7 Å². The molecule has 22 heavy (non-hydrogen) atoms. The molecule has 3 rings (SSSR count). The van der Waals surface area contributed by atoms with E-state index in [1.807, 2.05) is 0 Å². The summed E-state index contributed by atoms with van der Waals surface area (Å²) in [4.78, 5) is 23.0. The number of nitrogens with zero attached hydrogens (tertiary/aromatic N) is 2. The Labute approximate surface area is 138 Å². The van der Waals surface area contributed by atoms with Crippen LogP contribution in [0.1, 0.15) is 23.8 Å². The molecule has 0 saturated carbocycles. The largest absolute Gasteiger partial charge is 0.344 e. The quantitative estimate of drug-likeness (QED) is 0.532. The summed E-state index contributed by atoms with van der Waals surface area (Å²) in [6, 6.07) is 0. The first kappa shape index (κ1) is 15.3. The zero-order valence-electron chi connectivity index (χ0n) is 12.4. The Morgan fingerprint density at radius 3 is 3.27 bits per heavy atom. The average Bonchev–Trinajstić information content (AvgIpc) is 2.88. The van der Waals surface area contributed by atoms with Gasteiger partial charge in [0.15, 0.2) is 0 Å². The van der Waals surface area contributed by atoms with Crippen LogP contribution in [0.15, 0.2) is 11.4 Å². The molecule has 0 saturated heterocycles. The zero-order valence-corrected chi connectivity index (χ0v) is 14.0. The van der Waals surface area contributed by atoms with Crippen molar-refractivity contribution >= 4 is 39.2 Å². The molecule has 2 aromatic heterocycles. The normalized spacial score (nSPS) is 17.0. The number of fused-ring (bicyclic) bond motifs is 3. The van der Waals surface area contributed by atoms with Crippen LogP contribution in [0.3, 0.4) is 0 Å². The van der Waals surface area contributed by atoms with E-state index in [4.69, 9.17) is 6.42 Å². The van der Waals surface area contributed by atoms with Crippen LogP contribution in [-0.2, 0) is 17.6 Å². The smallest absolute Gasteiger partial charge is 0.231 e. The predicted octanol–water partition coefficient (Wildman–Crippen LogP) is 2.66. The molecule has 0 bridgehead atoms. The lowest BCUT2D eigenvalue weighted by Crippen LogP contribution is -2.25. The van der Waals surface area contributed by atoms with Crippen molar-refractivity contribution < 1.29 is 4.79 Å². The maximum absolute atomic E-state index is 11.7. The van der Waals surface area contributed by atoms with Crippen molar-refractivity contribution in [1.29, 1.82) is 0 Å². The molecular formula is C16H17N3OS2. The highest BCUT2D eigenvalue weighted by molar-refractivity contribution is 8.00. The van der Waals surface area contributed by atoms with Gasteiger partial charge >= 0.3 is 0 Å². The predicted molar refractivity (Wildman–Crippen MR) is 91.2 cm³/mol. The van der Waals surface area contributed by atoms with Crippen molar-refractivity contribution in [2.24, 2.45) is 5.92 Å². The molecule has 6 heteroatoms. The van der Waals surface area contributed by atoms with Gasteiger partial charge in [0.2, 0.25) is 5.91 Å². The molecule has 4 nitrogen and oxygen atoms in total. The van der Waals surface area contributed by atoms with E-state index in [1.165, 1.54) is 28.6 Å². The minimum absolute atomic E-state index is 0.0626. The van der Waals surface area contributed by atoms with E-state index in [2.05, 4.69) is 28.1 Å². The van der Waals surface area contributed by atoms with Gasteiger partial charge in [-0.1, -0.05) is 24.6 Å². The number of hydrogen-bond acceptors (Lipinski definition) is 5. The number of thioether (sulfide) groups is 1. The lowest BCUT2D eigenvalue weighted by atomic mass is 9.89. The Morgan fingerprint density at radius 2 is 2.45 bits per heavy atom. The van der Waals surface area contributed by atoms with E-state index >= 15 is 0 Å². The van der Waals surface area contributed by atoms with Gasteiger partial charge in [0, 0.05) is 10.3 Å². The molecule has 114 valence electrons. The highest BCUT2D eigenvalue weighted by Crippen LogP contribution is 2.40. The minimum Gasteiger partial charge on any atom is -0.344 e. The van der Waals surface area contributed by atoms with Gasteiger partial charge in [-0.15, -0.1) is 17.8 Å². The van der Waals surface area contributed by atoms with Gasteiger partial charge in [-0.2, -0.15) is 0 Å². The standard InChI is InChI=1S/C16H17N3OS2/c1-3-6-17-13(20)8-21-15-14-11-5-4-10(2)7-12(11)22-16(14)19-9-18-15/h1,9-10H,4-8H2,2H3,(H,17,20)/t10-/m0/s1. The number of aryl methyl sites for hydroxylation is 1. The number of nitrogens with one attached hydrogen (secondary N) is 1. The fourth-order valence-corrected chi connectivity index (χ4v) is 4.96. The van der Waals surface area contributed by atoms with Gasteiger partial charge in [0.1, 0.15) is 16.2 Å². The molecule has 1 N–H and O–H groups in total. The Hall–Kier alpha value is -1.58. The summed E-state index contributed by atoms with van der Waals surface area (Å²) in [6.07, 6.45) is 10.2. The minimum atomic E-state index is -0.0626. The Kier molecular flexibility index (Phi) is 4.65. The van der Waals surface area contributed by atoms with Gasteiger partial charge in [0.05, 0.1) is 12.3 Å². The molecule has 1 aliphatic rings. The van der Waals surface area contributed by atoms with Crippen LogP contribution in [0.5, 0.6) is 0 Å². The summed E-state index contributed by atoms with van der Waals surface area (Å²) >= 11 is 3.24. The molecule has 0 radical (unpaired) electrons. The molecule has 2 aromatic rings. The first-order valence-corrected chi connectivity index (χ1v) is 9.07. The third-order valence-corrected chi connectivity index (χ3v) is 5.94. The first-order valence-electron chi connectivity index (χ1n) is 7.27. The van der Waals surface area contributed by atoms with E-state index < -0.39 is 0 Å². The molecule has 1 aliphatic carbocycles. The van der Waals surface area contributed by atoms with Crippen molar-refractivity contribution in [1.82, 2.24) is 15.3 Å². The lowest BCUT2D eigenvalue weighted by molar-refractivity contribution is -0.118.